The summed E-state index contributed by atoms with van der Waals surface area (Å²) < 4.78 is 5.44. The summed E-state index contributed by atoms with van der Waals surface area (Å²) in [6.45, 7) is 7.87. The van der Waals surface area contributed by atoms with Gasteiger partial charge >= 0.3 is 12.1 Å². The molecule has 192 valence electrons. The molecular weight excluding hydrogens is 450 g/mol. The van der Waals surface area contributed by atoms with Gasteiger partial charge < -0.3 is 25.0 Å². The SMILES string of the molecule is CC(C)(C)OC(=O)N1CCC(CCC(=O)N2CCC[C@@H](C(=O)Nc3cccc(C(=O)O)c3)C2)CC1. The summed E-state index contributed by atoms with van der Waals surface area (Å²) in [4.78, 5) is 52.5. The van der Waals surface area contributed by atoms with E-state index >= 15 is 0 Å². The smallest absolute Gasteiger partial charge is 0.410 e. The number of piperidine rings is 2. The molecule has 1 atom stereocenters. The topological polar surface area (TPSA) is 116 Å². The number of hydrogen-bond acceptors (Lipinski definition) is 5. The molecule has 9 nitrogen and oxygen atoms in total. The van der Waals surface area contributed by atoms with Crippen molar-refractivity contribution in [3.63, 3.8) is 0 Å². The Morgan fingerprint density at radius 2 is 1.77 bits per heavy atom. The number of amides is 3. The molecule has 0 aromatic heterocycles. The van der Waals surface area contributed by atoms with E-state index in [0.717, 1.165) is 25.7 Å². The molecule has 0 unspecified atom stereocenters. The van der Waals surface area contributed by atoms with E-state index in [4.69, 9.17) is 9.84 Å². The van der Waals surface area contributed by atoms with Crippen LogP contribution in [0.15, 0.2) is 24.3 Å². The number of aromatic carboxylic acids is 1. The van der Waals surface area contributed by atoms with Crippen LogP contribution in [0.3, 0.4) is 0 Å². The Balaban J connectivity index is 1.43. The molecule has 9 heteroatoms. The lowest BCUT2D eigenvalue weighted by molar-refractivity contribution is -0.135. The molecular formula is C26H37N3O6. The predicted molar refractivity (Wildman–Crippen MR) is 131 cm³/mol. The number of likely N-dealkylation sites (tertiary alicyclic amines) is 2. The lowest BCUT2D eigenvalue weighted by Gasteiger charge is -2.34. The zero-order valence-corrected chi connectivity index (χ0v) is 20.9. The molecule has 2 N–H and O–H groups in total. The highest BCUT2D eigenvalue weighted by Gasteiger charge is 2.30. The van der Waals surface area contributed by atoms with Gasteiger partial charge in [0.1, 0.15) is 5.60 Å². The molecule has 0 radical (unpaired) electrons. The quantitative estimate of drug-likeness (QED) is 0.627. The largest absolute Gasteiger partial charge is 0.478 e. The van der Waals surface area contributed by atoms with Gasteiger partial charge in [0.15, 0.2) is 0 Å². The number of carbonyl (C=O) groups excluding carboxylic acids is 3. The van der Waals surface area contributed by atoms with Gasteiger partial charge in [-0.2, -0.15) is 0 Å². The Hall–Kier alpha value is -3.10. The molecule has 3 amide bonds. The first-order valence-electron chi connectivity index (χ1n) is 12.4. The first-order valence-corrected chi connectivity index (χ1v) is 12.4. The van der Waals surface area contributed by atoms with Crippen LogP contribution in [0, 0.1) is 11.8 Å². The van der Waals surface area contributed by atoms with E-state index in [1.807, 2.05) is 20.8 Å². The summed E-state index contributed by atoms with van der Waals surface area (Å²) in [5.74, 6) is -1.11. The average molecular weight is 488 g/mol. The van der Waals surface area contributed by atoms with Crippen LogP contribution in [0.1, 0.15) is 69.7 Å². The Kier molecular flexibility index (Phi) is 8.75. The zero-order chi connectivity index (χ0) is 25.6. The minimum absolute atomic E-state index is 0.0601. The van der Waals surface area contributed by atoms with Crippen molar-refractivity contribution < 1.29 is 29.0 Å². The molecule has 1 aromatic carbocycles. The second-order valence-electron chi connectivity index (χ2n) is 10.5. The fourth-order valence-electron chi connectivity index (χ4n) is 4.61. The number of anilines is 1. The normalized spacial score (nSPS) is 19.2. The molecule has 0 aliphatic carbocycles. The summed E-state index contributed by atoms with van der Waals surface area (Å²) in [7, 11) is 0. The second-order valence-corrected chi connectivity index (χ2v) is 10.5. The number of nitrogens with one attached hydrogen (secondary N) is 1. The number of hydrogen-bond donors (Lipinski definition) is 2. The number of carboxylic acid groups (broad SMARTS) is 1. The van der Waals surface area contributed by atoms with Crippen LogP contribution in [-0.2, 0) is 14.3 Å². The van der Waals surface area contributed by atoms with Gasteiger partial charge in [0.2, 0.25) is 11.8 Å². The number of benzene rings is 1. The summed E-state index contributed by atoms with van der Waals surface area (Å²) in [6.07, 6.45) is 4.09. The van der Waals surface area contributed by atoms with Crippen molar-refractivity contribution >= 4 is 29.6 Å². The van der Waals surface area contributed by atoms with E-state index < -0.39 is 11.6 Å². The molecule has 2 aliphatic rings. The fourth-order valence-corrected chi connectivity index (χ4v) is 4.61. The first-order chi connectivity index (χ1) is 16.5. The average Bonchev–Trinajstić information content (AvgIpc) is 2.82. The minimum atomic E-state index is -1.05. The fraction of sp³-hybridized carbons (Fsp3) is 0.615. The Bertz CT molecular complexity index is 933. The van der Waals surface area contributed by atoms with Gasteiger partial charge in [0.25, 0.3) is 0 Å². The maximum atomic E-state index is 12.9. The monoisotopic (exact) mass is 487 g/mol. The van der Waals surface area contributed by atoms with Crippen molar-refractivity contribution in [1.82, 2.24) is 9.80 Å². The third-order valence-electron chi connectivity index (χ3n) is 6.55. The Labute approximate surface area is 206 Å². The van der Waals surface area contributed by atoms with Crippen LogP contribution in [0.4, 0.5) is 10.5 Å². The van der Waals surface area contributed by atoms with Gasteiger partial charge in [-0.1, -0.05) is 6.07 Å². The van der Waals surface area contributed by atoms with E-state index in [2.05, 4.69) is 5.32 Å². The molecule has 0 bridgehead atoms. The number of carbonyl (C=O) groups is 4. The van der Waals surface area contributed by atoms with Crippen molar-refractivity contribution in [2.24, 2.45) is 11.8 Å². The van der Waals surface area contributed by atoms with Gasteiger partial charge in [-0.3, -0.25) is 9.59 Å². The van der Waals surface area contributed by atoms with E-state index in [1.54, 1.807) is 21.9 Å². The van der Waals surface area contributed by atoms with Crippen molar-refractivity contribution in [3.8, 4) is 0 Å². The highest BCUT2D eigenvalue weighted by atomic mass is 16.6. The van der Waals surface area contributed by atoms with Crippen molar-refractivity contribution in [2.45, 2.75) is 64.9 Å². The molecule has 1 aromatic rings. The lowest BCUT2D eigenvalue weighted by atomic mass is 9.91. The van der Waals surface area contributed by atoms with Crippen molar-refractivity contribution in [2.75, 3.05) is 31.5 Å². The van der Waals surface area contributed by atoms with Crippen molar-refractivity contribution in [1.29, 1.82) is 0 Å². The van der Waals surface area contributed by atoms with Gasteiger partial charge in [0.05, 0.1) is 11.5 Å². The third kappa shape index (κ3) is 7.97. The molecule has 35 heavy (non-hydrogen) atoms. The maximum Gasteiger partial charge on any atom is 0.410 e. The van der Waals surface area contributed by atoms with Crippen LogP contribution >= 0.6 is 0 Å². The van der Waals surface area contributed by atoms with E-state index in [9.17, 15) is 19.2 Å². The molecule has 2 heterocycles. The van der Waals surface area contributed by atoms with E-state index in [-0.39, 0.29) is 29.4 Å². The van der Waals surface area contributed by atoms with Gasteiger partial charge in [-0.25, -0.2) is 9.59 Å². The predicted octanol–water partition coefficient (Wildman–Crippen LogP) is 3.99. The third-order valence-corrected chi connectivity index (χ3v) is 6.55. The molecule has 2 fully saturated rings. The summed E-state index contributed by atoms with van der Waals surface area (Å²) in [5.41, 5.74) is 0.0442. The number of nitrogens with zero attached hydrogens (tertiary/aromatic N) is 2. The van der Waals surface area contributed by atoms with Gasteiger partial charge in [0, 0.05) is 38.3 Å². The highest BCUT2D eigenvalue weighted by Crippen LogP contribution is 2.25. The van der Waals surface area contributed by atoms with Gasteiger partial charge in [-0.05, 0) is 77.0 Å². The number of ether oxygens (including phenoxy) is 1. The second kappa shape index (κ2) is 11.6. The Morgan fingerprint density at radius 3 is 2.43 bits per heavy atom. The highest BCUT2D eigenvalue weighted by molar-refractivity contribution is 5.95. The van der Waals surface area contributed by atoms with Gasteiger partial charge in [-0.15, -0.1) is 0 Å². The lowest BCUT2D eigenvalue weighted by Crippen LogP contribution is -2.44. The summed E-state index contributed by atoms with van der Waals surface area (Å²) in [6, 6.07) is 6.15. The van der Waals surface area contributed by atoms with E-state index in [1.165, 1.54) is 12.1 Å². The Morgan fingerprint density at radius 1 is 1.06 bits per heavy atom. The molecule has 0 spiro atoms. The molecule has 3 rings (SSSR count). The summed E-state index contributed by atoms with van der Waals surface area (Å²) in [5, 5.41) is 11.9. The van der Waals surface area contributed by atoms with Crippen LogP contribution < -0.4 is 5.32 Å². The molecule has 2 aliphatic heterocycles. The minimum Gasteiger partial charge on any atom is -0.478 e. The summed E-state index contributed by atoms with van der Waals surface area (Å²) >= 11 is 0. The standard InChI is InChI=1S/C26H37N3O6/c1-26(2,3)35-25(34)28-14-11-18(12-15-28)9-10-22(30)29-13-5-7-20(17-29)23(31)27-21-8-4-6-19(16-21)24(32)33/h4,6,8,16,18,20H,5,7,9-15,17H2,1-3H3,(H,27,31)(H,32,33)/t20-/m1/s1. The molecule has 2 saturated heterocycles. The zero-order valence-electron chi connectivity index (χ0n) is 20.9. The van der Waals surface area contributed by atoms with E-state index in [0.29, 0.717) is 50.6 Å². The van der Waals surface area contributed by atoms with Crippen LogP contribution in [0.5, 0.6) is 0 Å². The number of rotatable bonds is 6. The molecule has 0 saturated carbocycles. The maximum absolute atomic E-state index is 12.9. The number of carboxylic acids is 1. The van der Waals surface area contributed by atoms with Crippen LogP contribution in [-0.4, -0.2) is 70.6 Å². The van der Waals surface area contributed by atoms with Crippen LogP contribution in [0.25, 0.3) is 0 Å². The van der Waals surface area contributed by atoms with Crippen LogP contribution in [0.2, 0.25) is 0 Å². The first kappa shape index (κ1) is 26.5. The van der Waals surface area contributed by atoms with Crippen molar-refractivity contribution in [3.05, 3.63) is 29.8 Å².